The lowest BCUT2D eigenvalue weighted by atomic mass is 9.96. The Kier molecular flexibility index (Phi) is 7.17. The minimum absolute atomic E-state index is 0.156. The largest absolute Gasteiger partial charge is 0.455 e. The lowest BCUT2D eigenvalue weighted by Gasteiger charge is -2.31. The second kappa shape index (κ2) is 9.82. The molecule has 1 fully saturated rings. The monoisotopic (exact) mass is 454 g/mol. The molecule has 3 rings (SSSR count). The number of anilines is 1. The van der Waals surface area contributed by atoms with Gasteiger partial charge in [0.15, 0.2) is 6.61 Å². The molecular formula is C21H18ClF3N2O4. The van der Waals surface area contributed by atoms with Crippen molar-refractivity contribution >= 4 is 35.1 Å². The maximum Gasteiger partial charge on any atom is 0.309 e. The number of nitrogens with zero attached hydrogens (tertiary/aromatic N) is 1. The molecule has 1 aliphatic rings. The van der Waals surface area contributed by atoms with E-state index in [1.807, 2.05) is 0 Å². The SMILES string of the molecule is O=C(COC(=O)C1CCN(C(=O)c2ccc(F)cc2F)CC1)Nc1ccc(F)c(Cl)c1. The molecule has 0 unspecified atom stereocenters. The number of rotatable bonds is 5. The van der Waals surface area contributed by atoms with Crippen molar-refractivity contribution in [3.63, 3.8) is 0 Å². The number of piperidine rings is 1. The zero-order chi connectivity index (χ0) is 22.5. The van der Waals surface area contributed by atoms with Crippen LogP contribution in [0.3, 0.4) is 0 Å². The van der Waals surface area contributed by atoms with Crippen LogP contribution in [-0.4, -0.2) is 42.4 Å². The van der Waals surface area contributed by atoms with E-state index in [0.717, 1.165) is 18.2 Å². The molecule has 1 heterocycles. The normalized spacial score (nSPS) is 14.3. The molecule has 6 nitrogen and oxygen atoms in total. The summed E-state index contributed by atoms with van der Waals surface area (Å²) in [5.41, 5.74) is 0.0206. The van der Waals surface area contributed by atoms with Gasteiger partial charge in [-0.1, -0.05) is 11.6 Å². The van der Waals surface area contributed by atoms with Crippen LogP contribution in [0.15, 0.2) is 36.4 Å². The van der Waals surface area contributed by atoms with Gasteiger partial charge in [0.25, 0.3) is 11.8 Å². The Balaban J connectivity index is 1.46. The summed E-state index contributed by atoms with van der Waals surface area (Å²) in [6.45, 7) is -0.154. The van der Waals surface area contributed by atoms with Crippen LogP contribution in [0.2, 0.25) is 5.02 Å². The van der Waals surface area contributed by atoms with Gasteiger partial charge in [0.2, 0.25) is 0 Å². The first-order valence-corrected chi connectivity index (χ1v) is 9.78. The molecule has 0 atom stereocenters. The number of benzene rings is 2. The second-order valence-electron chi connectivity index (χ2n) is 6.98. The molecule has 0 aromatic heterocycles. The molecular weight excluding hydrogens is 437 g/mol. The zero-order valence-corrected chi connectivity index (χ0v) is 16.9. The van der Waals surface area contributed by atoms with E-state index < -0.39 is 47.8 Å². The van der Waals surface area contributed by atoms with Gasteiger partial charge in [-0.2, -0.15) is 0 Å². The number of carbonyl (C=O) groups excluding carboxylic acids is 3. The quantitative estimate of drug-likeness (QED) is 0.697. The van der Waals surface area contributed by atoms with E-state index in [1.165, 1.54) is 17.0 Å². The van der Waals surface area contributed by atoms with Gasteiger partial charge in [-0.25, -0.2) is 13.2 Å². The van der Waals surface area contributed by atoms with Crippen LogP contribution in [0.4, 0.5) is 18.9 Å². The fourth-order valence-corrected chi connectivity index (χ4v) is 3.36. The Morgan fingerprint density at radius 1 is 1.03 bits per heavy atom. The number of carbonyl (C=O) groups is 3. The van der Waals surface area contributed by atoms with Gasteiger partial charge in [-0.15, -0.1) is 0 Å². The molecule has 164 valence electrons. The summed E-state index contributed by atoms with van der Waals surface area (Å²) in [6.07, 6.45) is 0.561. The van der Waals surface area contributed by atoms with E-state index in [2.05, 4.69) is 5.32 Å². The summed E-state index contributed by atoms with van der Waals surface area (Å²) in [5, 5.41) is 2.28. The van der Waals surface area contributed by atoms with E-state index in [0.29, 0.717) is 6.07 Å². The lowest BCUT2D eigenvalue weighted by Crippen LogP contribution is -2.41. The molecule has 10 heteroatoms. The Labute approximate surface area is 180 Å². The number of ether oxygens (including phenoxy) is 1. The van der Waals surface area contributed by atoms with Crippen LogP contribution < -0.4 is 5.32 Å². The van der Waals surface area contributed by atoms with Crippen molar-refractivity contribution in [2.45, 2.75) is 12.8 Å². The Hall–Kier alpha value is -3.07. The molecule has 1 aliphatic heterocycles. The third-order valence-electron chi connectivity index (χ3n) is 4.83. The summed E-state index contributed by atoms with van der Waals surface area (Å²) in [5.74, 6) is -4.65. The Morgan fingerprint density at radius 2 is 1.74 bits per heavy atom. The number of hydrogen-bond acceptors (Lipinski definition) is 4. The van der Waals surface area contributed by atoms with Crippen LogP contribution >= 0.6 is 11.6 Å². The van der Waals surface area contributed by atoms with E-state index in [-0.39, 0.29) is 42.2 Å². The standard InChI is InChI=1S/C21H18ClF3N2O4/c22-16-10-14(2-4-17(16)24)26-19(28)11-31-21(30)12-5-7-27(8-6-12)20(29)15-3-1-13(23)9-18(15)25/h1-4,9-10,12H,5-8,11H2,(H,26,28). The topological polar surface area (TPSA) is 75.7 Å². The molecule has 2 amide bonds. The predicted molar refractivity (Wildman–Crippen MR) is 106 cm³/mol. The fraction of sp³-hybridized carbons (Fsp3) is 0.286. The maximum absolute atomic E-state index is 13.8. The smallest absolute Gasteiger partial charge is 0.309 e. The average Bonchev–Trinajstić information content (AvgIpc) is 2.74. The molecule has 2 aromatic carbocycles. The highest BCUT2D eigenvalue weighted by atomic mass is 35.5. The minimum atomic E-state index is -0.944. The number of halogens is 4. The van der Waals surface area contributed by atoms with E-state index in [1.54, 1.807) is 0 Å². The van der Waals surface area contributed by atoms with Gasteiger partial charge >= 0.3 is 5.97 Å². The molecule has 0 spiro atoms. The van der Waals surface area contributed by atoms with Crippen LogP contribution in [0.5, 0.6) is 0 Å². The van der Waals surface area contributed by atoms with Gasteiger partial charge in [0.05, 0.1) is 16.5 Å². The zero-order valence-electron chi connectivity index (χ0n) is 16.2. The molecule has 0 radical (unpaired) electrons. The van der Waals surface area contributed by atoms with Crippen molar-refractivity contribution in [1.82, 2.24) is 4.90 Å². The highest BCUT2D eigenvalue weighted by Crippen LogP contribution is 2.22. The van der Waals surface area contributed by atoms with Gasteiger partial charge in [-0.05, 0) is 43.2 Å². The number of esters is 1. The van der Waals surface area contributed by atoms with Gasteiger partial charge in [-0.3, -0.25) is 14.4 Å². The molecule has 1 N–H and O–H groups in total. The summed E-state index contributed by atoms with van der Waals surface area (Å²) >= 11 is 5.64. The van der Waals surface area contributed by atoms with Crippen LogP contribution in [-0.2, 0) is 14.3 Å². The number of hydrogen-bond donors (Lipinski definition) is 1. The Morgan fingerprint density at radius 3 is 2.39 bits per heavy atom. The maximum atomic E-state index is 13.8. The molecule has 0 bridgehead atoms. The van der Waals surface area contributed by atoms with Crippen LogP contribution in [0.1, 0.15) is 23.2 Å². The first-order chi connectivity index (χ1) is 14.7. The second-order valence-corrected chi connectivity index (χ2v) is 7.38. The van der Waals surface area contributed by atoms with Crippen molar-refractivity contribution in [2.24, 2.45) is 5.92 Å². The van der Waals surface area contributed by atoms with Gasteiger partial charge < -0.3 is 15.0 Å². The summed E-state index contributed by atoms with van der Waals surface area (Å²) in [6, 6.07) is 6.37. The van der Waals surface area contributed by atoms with Crippen molar-refractivity contribution in [3.05, 3.63) is 64.4 Å². The van der Waals surface area contributed by atoms with E-state index in [9.17, 15) is 27.6 Å². The number of likely N-dealkylation sites (tertiary alicyclic amines) is 1. The number of nitrogens with one attached hydrogen (secondary N) is 1. The van der Waals surface area contributed by atoms with Crippen molar-refractivity contribution < 1.29 is 32.3 Å². The Bertz CT molecular complexity index is 1010. The molecule has 2 aromatic rings. The average molecular weight is 455 g/mol. The third-order valence-corrected chi connectivity index (χ3v) is 5.12. The lowest BCUT2D eigenvalue weighted by molar-refractivity contribution is -0.152. The van der Waals surface area contributed by atoms with Crippen molar-refractivity contribution in [1.29, 1.82) is 0 Å². The summed E-state index contributed by atoms with van der Waals surface area (Å²) in [4.78, 5) is 37.9. The van der Waals surface area contributed by atoms with Gasteiger partial charge in [0, 0.05) is 24.8 Å². The molecule has 0 saturated carbocycles. The summed E-state index contributed by atoms with van der Waals surface area (Å²) < 4.78 is 45.0. The van der Waals surface area contributed by atoms with E-state index >= 15 is 0 Å². The van der Waals surface area contributed by atoms with Gasteiger partial charge in [0.1, 0.15) is 17.5 Å². The minimum Gasteiger partial charge on any atom is -0.455 e. The predicted octanol–water partition coefficient (Wildman–Crippen LogP) is 3.79. The van der Waals surface area contributed by atoms with Crippen LogP contribution in [0.25, 0.3) is 0 Å². The molecule has 31 heavy (non-hydrogen) atoms. The highest BCUT2D eigenvalue weighted by Gasteiger charge is 2.30. The van der Waals surface area contributed by atoms with Crippen molar-refractivity contribution in [2.75, 3.05) is 25.0 Å². The molecule has 1 saturated heterocycles. The fourth-order valence-electron chi connectivity index (χ4n) is 3.18. The third kappa shape index (κ3) is 5.75. The van der Waals surface area contributed by atoms with Crippen molar-refractivity contribution in [3.8, 4) is 0 Å². The first kappa shape index (κ1) is 22.6. The summed E-state index contributed by atoms with van der Waals surface area (Å²) in [7, 11) is 0. The first-order valence-electron chi connectivity index (χ1n) is 9.40. The van der Waals surface area contributed by atoms with E-state index in [4.69, 9.17) is 16.3 Å². The molecule has 0 aliphatic carbocycles. The van der Waals surface area contributed by atoms with Crippen LogP contribution in [0, 0.1) is 23.4 Å². The highest BCUT2D eigenvalue weighted by molar-refractivity contribution is 6.31. The number of amides is 2.